The van der Waals surface area contributed by atoms with Gasteiger partial charge in [-0.2, -0.15) is 18.4 Å². The molecule has 0 aromatic heterocycles. The largest absolute Gasteiger partial charge is 0.493 e. The number of nitrogens with zero attached hydrogens (tertiary/aromatic N) is 1. The molecule has 0 spiro atoms. The number of carbonyl (C=O) groups is 1. The van der Waals surface area contributed by atoms with Crippen LogP contribution in [0, 0.1) is 18.3 Å². The average Bonchev–Trinajstić information content (AvgIpc) is 2.82. The summed E-state index contributed by atoms with van der Waals surface area (Å²) in [4.78, 5) is 12.5. The Morgan fingerprint density at radius 3 is 2.54 bits per heavy atom. The SMILES string of the molecule is COc1cc(/C=C(/C#N)C(=O)Nc2cccc(C(F)(F)F)c2)cc(Cl)c1OCc1ccccc1C. The predicted molar refractivity (Wildman–Crippen MR) is 127 cm³/mol. The molecule has 3 rings (SSSR count). The molecule has 0 saturated heterocycles. The second kappa shape index (κ2) is 11.0. The first kappa shape index (κ1) is 25.7. The third-order valence-corrected chi connectivity index (χ3v) is 5.29. The standard InChI is InChI=1S/C26H20ClF3N2O3/c1-16-6-3-4-7-18(16)15-35-24-22(27)11-17(12-23(24)34-2)10-19(14-31)25(33)32-21-9-5-8-20(13-21)26(28,29)30/h3-13H,15H2,1-2H3,(H,32,33)/b19-10-. The third kappa shape index (κ3) is 6.55. The molecule has 35 heavy (non-hydrogen) atoms. The molecule has 0 fully saturated rings. The molecule has 0 radical (unpaired) electrons. The fraction of sp³-hybridized carbons (Fsp3) is 0.154. The lowest BCUT2D eigenvalue weighted by Crippen LogP contribution is -2.14. The van der Waals surface area contributed by atoms with Crippen molar-refractivity contribution in [2.24, 2.45) is 0 Å². The van der Waals surface area contributed by atoms with Gasteiger partial charge in [-0.05, 0) is 60.0 Å². The van der Waals surface area contributed by atoms with Gasteiger partial charge in [0, 0.05) is 5.69 Å². The van der Waals surface area contributed by atoms with Crippen molar-refractivity contribution in [3.05, 3.63) is 93.5 Å². The van der Waals surface area contributed by atoms with Gasteiger partial charge in [0.25, 0.3) is 5.91 Å². The zero-order chi connectivity index (χ0) is 25.6. The summed E-state index contributed by atoms with van der Waals surface area (Å²) in [6, 6.07) is 16.6. The van der Waals surface area contributed by atoms with E-state index in [1.165, 1.54) is 31.4 Å². The van der Waals surface area contributed by atoms with E-state index in [-0.39, 0.29) is 28.6 Å². The summed E-state index contributed by atoms with van der Waals surface area (Å²) in [5.41, 5.74) is 1.03. The number of alkyl halides is 3. The lowest BCUT2D eigenvalue weighted by molar-refractivity contribution is -0.137. The minimum absolute atomic E-state index is 0.0958. The number of benzene rings is 3. The Hall–Kier alpha value is -3.96. The van der Waals surface area contributed by atoms with E-state index in [2.05, 4.69) is 5.32 Å². The maximum Gasteiger partial charge on any atom is 0.416 e. The molecule has 0 unspecified atom stereocenters. The van der Waals surface area contributed by atoms with Gasteiger partial charge in [-0.25, -0.2) is 0 Å². The highest BCUT2D eigenvalue weighted by Gasteiger charge is 2.30. The van der Waals surface area contributed by atoms with Gasteiger partial charge >= 0.3 is 6.18 Å². The predicted octanol–water partition coefficient (Wildman–Crippen LogP) is 6.80. The maximum atomic E-state index is 12.9. The molecule has 3 aromatic carbocycles. The van der Waals surface area contributed by atoms with Crippen LogP contribution in [0.2, 0.25) is 5.02 Å². The van der Waals surface area contributed by atoms with E-state index in [1.54, 1.807) is 6.07 Å². The molecule has 0 aliphatic carbocycles. The average molecular weight is 501 g/mol. The van der Waals surface area contributed by atoms with Crippen molar-refractivity contribution in [2.75, 3.05) is 12.4 Å². The van der Waals surface area contributed by atoms with Crippen molar-refractivity contribution in [2.45, 2.75) is 19.7 Å². The molecular formula is C26H20ClF3N2O3. The number of amides is 1. The van der Waals surface area contributed by atoms with Gasteiger partial charge in [-0.15, -0.1) is 0 Å². The smallest absolute Gasteiger partial charge is 0.416 e. The van der Waals surface area contributed by atoms with Crippen molar-refractivity contribution in [3.63, 3.8) is 0 Å². The van der Waals surface area contributed by atoms with E-state index in [1.807, 2.05) is 31.2 Å². The number of anilines is 1. The van der Waals surface area contributed by atoms with Gasteiger partial charge in [0.2, 0.25) is 0 Å². The summed E-state index contributed by atoms with van der Waals surface area (Å²) in [5, 5.41) is 12.0. The Balaban J connectivity index is 1.83. The number of rotatable bonds is 7. The molecule has 180 valence electrons. The molecule has 0 aliphatic rings. The molecule has 0 saturated carbocycles. The Labute approximate surface area is 205 Å². The second-order valence-electron chi connectivity index (χ2n) is 7.45. The summed E-state index contributed by atoms with van der Waals surface area (Å²) in [7, 11) is 1.42. The molecule has 9 heteroatoms. The number of nitrogens with one attached hydrogen (secondary N) is 1. The van der Waals surface area contributed by atoms with Crippen molar-refractivity contribution in [3.8, 4) is 17.6 Å². The van der Waals surface area contributed by atoms with Crippen LogP contribution in [0.25, 0.3) is 6.08 Å². The molecule has 0 aliphatic heterocycles. The number of hydrogen-bond donors (Lipinski definition) is 1. The van der Waals surface area contributed by atoms with E-state index >= 15 is 0 Å². The van der Waals surface area contributed by atoms with Crippen molar-refractivity contribution < 1.29 is 27.4 Å². The summed E-state index contributed by atoms with van der Waals surface area (Å²) in [6.45, 7) is 2.21. The molecule has 5 nitrogen and oxygen atoms in total. The van der Waals surface area contributed by atoms with Crippen LogP contribution in [0.4, 0.5) is 18.9 Å². The summed E-state index contributed by atoms with van der Waals surface area (Å²) < 4.78 is 50.0. The number of aryl methyl sites for hydroxylation is 1. The molecule has 0 atom stereocenters. The van der Waals surface area contributed by atoms with Crippen molar-refractivity contribution >= 4 is 29.3 Å². The maximum absolute atomic E-state index is 12.9. The van der Waals surface area contributed by atoms with Gasteiger partial charge < -0.3 is 14.8 Å². The molecular weight excluding hydrogens is 481 g/mol. The van der Waals surface area contributed by atoms with Crippen LogP contribution in [0.1, 0.15) is 22.3 Å². The van der Waals surface area contributed by atoms with E-state index in [0.29, 0.717) is 11.3 Å². The van der Waals surface area contributed by atoms with Crippen molar-refractivity contribution in [1.82, 2.24) is 0 Å². The Morgan fingerprint density at radius 1 is 1.14 bits per heavy atom. The van der Waals surface area contributed by atoms with Gasteiger partial charge in [0.15, 0.2) is 11.5 Å². The van der Waals surface area contributed by atoms with Crippen LogP contribution in [-0.4, -0.2) is 13.0 Å². The Kier molecular flexibility index (Phi) is 8.05. The number of carbonyl (C=O) groups excluding carboxylic acids is 1. The van der Waals surface area contributed by atoms with E-state index in [9.17, 15) is 23.2 Å². The number of hydrogen-bond acceptors (Lipinski definition) is 4. The molecule has 1 N–H and O–H groups in total. The molecule has 1 amide bonds. The molecule has 3 aromatic rings. The number of methoxy groups -OCH3 is 1. The molecule has 0 bridgehead atoms. The summed E-state index contributed by atoms with van der Waals surface area (Å²) in [5.74, 6) is -0.295. The Morgan fingerprint density at radius 2 is 1.89 bits per heavy atom. The van der Waals surface area contributed by atoms with Crippen LogP contribution in [0.5, 0.6) is 11.5 Å². The van der Waals surface area contributed by atoms with Crippen LogP contribution >= 0.6 is 11.6 Å². The number of nitriles is 1. The summed E-state index contributed by atoms with van der Waals surface area (Å²) in [6.07, 6.45) is -3.31. The highest BCUT2D eigenvalue weighted by molar-refractivity contribution is 6.32. The highest BCUT2D eigenvalue weighted by Crippen LogP contribution is 2.38. The third-order valence-electron chi connectivity index (χ3n) is 5.01. The van der Waals surface area contributed by atoms with E-state index < -0.39 is 17.6 Å². The summed E-state index contributed by atoms with van der Waals surface area (Å²) >= 11 is 6.39. The fourth-order valence-electron chi connectivity index (χ4n) is 3.17. The minimum Gasteiger partial charge on any atom is -0.493 e. The van der Waals surface area contributed by atoms with Gasteiger partial charge in [-0.3, -0.25) is 4.79 Å². The van der Waals surface area contributed by atoms with Gasteiger partial charge in [0.05, 0.1) is 17.7 Å². The first-order valence-corrected chi connectivity index (χ1v) is 10.7. The minimum atomic E-state index is -4.56. The normalized spacial score (nSPS) is 11.5. The van der Waals surface area contributed by atoms with Crippen LogP contribution in [0.15, 0.2) is 66.2 Å². The Bertz CT molecular complexity index is 1310. The number of ether oxygens (including phenoxy) is 2. The van der Waals surface area contributed by atoms with E-state index in [4.69, 9.17) is 21.1 Å². The monoisotopic (exact) mass is 500 g/mol. The lowest BCUT2D eigenvalue weighted by Gasteiger charge is -2.14. The quantitative estimate of drug-likeness (QED) is 0.286. The topological polar surface area (TPSA) is 71.3 Å². The lowest BCUT2D eigenvalue weighted by atomic mass is 10.1. The second-order valence-corrected chi connectivity index (χ2v) is 7.86. The molecule has 0 heterocycles. The van der Waals surface area contributed by atoms with Crippen LogP contribution in [-0.2, 0) is 17.6 Å². The highest BCUT2D eigenvalue weighted by atomic mass is 35.5. The first-order chi connectivity index (χ1) is 16.6. The van der Waals surface area contributed by atoms with Crippen LogP contribution < -0.4 is 14.8 Å². The van der Waals surface area contributed by atoms with Gasteiger partial charge in [-0.1, -0.05) is 41.9 Å². The van der Waals surface area contributed by atoms with Crippen LogP contribution in [0.3, 0.4) is 0 Å². The first-order valence-electron chi connectivity index (χ1n) is 10.3. The van der Waals surface area contributed by atoms with Gasteiger partial charge in [0.1, 0.15) is 18.2 Å². The zero-order valence-corrected chi connectivity index (χ0v) is 19.5. The van der Waals surface area contributed by atoms with E-state index in [0.717, 1.165) is 29.3 Å². The number of halogens is 4. The zero-order valence-electron chi connectivity index (χ0n) is 18.7. The fourth-order valence-corrected chi connectivity index (χ4v) is 3.45. The van der Waals surface area contributed by atoms with Crippen molar-refractivity contribution in [1.29, 1.82) is 5.26 Å².